The van der Waals surface area contributed by atoms with Crippen molar-refractivity contribution in [2.45, 2.75) is 56.9 Å². The highest BCUT2D eigenvalue weighted by Crippen LogP contribution is 2.40. The van der Waals surface area contributed by atoms with Gasteiger partial charge in [-0.25, -0.2) is 8.78 Å². The van der Waals surface area contributed by atoms with Crippen LogP contribution in [0, 0.1) is 17.6 Å². The van der Waals surface area contributed by atoms with Crippen LogP contribution in [-0.2, 0) is 10.1 Å². The van der Waals surface area contributed by atoms with Crippen LogP contribution in [0.4, 0.5) is 22.0 Å². The SMILES string of the molecule is CCCC1CCC(c2cc(F)c3c(F)c(OS(=O)(=O)C(F)(F)F)ccc3c2)CC1. The zero-order chi connectivity index (χ0) is 21.4. The van der Waals surface area contributed by atoms with E-state index in [0.717, 1.165) is 50.7 Å². The molecular weight excluding hydrogens is 415 g/mol. The number of halogens is 5. The van der Waals surface area contributed by atoms with Crippen molar-refractivity contribution >= 4 is 20.9 Å². The molecule has 3 rings (SSSR count). The maximum atomic E-state index is 14.6. The smallest absolute Gasteiger partial charge is 0.373 e. The fourth-order valence-corrected chi connectivity index (χ4v) is 4.49. The molecule has 0 bridgehead atoms. The molecule has 1 saturated carbocycles. The second kappa shape index (κ2) is 8.08. The molecule has 29 heavy (non-hydrogen) atoms. The summed E-state index contributed by atoms with van der Waals surface area (Å²) in [5.74, 6) is -2.84. The summed E-state index contributed by atoms with van der Waals surface area (Å²) in [7, 11) is -6.05. The highest BCUT2D eigenvalue weighted by Gasteiger charge is 2.49. The third-order valence-electron chi connectivity index (χ3n) is 5.49. The molecule has 0 N–H and O–H groups in total. The molecule has 0 aromatic heterocycles. The fraction of sp³-hybridized carbons (Fsp3) is 0.500. The minimum absolute atomic E-state index is 0.131. The van der Waals surface area contributed by atoms with Crippen molar-refractivity contribution in [1.82, 2.24) is 0 Å². The second-order valence-corrected chi connectivity index (χ2v) is 9.01. The van der Waals surface area contributed by atoms with E-state index in [9.17, 15) is 30.4 Å². The van der Waals surface area contributed by atoms with E-state index in [-0.39, 0.29) is 11.3 Å². The summed E-state index contributed by atoms with van der Waals surface area (Å²) in [6, 6.07) is 4.71. The van der Waals surface area contributed by atoms with E-state index in [2.05, 4.69) is 11.1 Å². The first-order valence-electron chi connectivity index (χ1n) is 9.46. The monoisotopic (exact) mass is 436 g/mol. The average molecular weight is 436 g/mol. The van der Waals surface area contributed by atoms with Crippen LogP contribution in [0.5, 0.6) is 5.75 Å². The van der Waals surface area contributed by atoms with Gasteiger partial charge in [-0.1, -0.05) is 31.9 Å². The molecule has 0 spiro atoms. The Labute approximate surface area is 166 Å². The summed E-state index contributed by atoms with van der Waals surface area (Å²) >= 11 is 0. The Bertz CT molecular complexity index is 993. The predicted molar refractivity (Wildman–Crippen MR) is 99.1 cm³/mol. The maximum absolute atomic E-state index is 14.6. The molecular formula is C20H21F5O3S. The summed E-state index contributed by atoms with van der Waals surface area (Å²) in [6.45, 7) is 2.14. The molecule has 2 aromatic carbocycles. The van der Waals surface area contributed by atoms with Crippen molar-refractivity contribution in [2.75, 3.05) is 0 Å². The number of benzene rings is 2. The molecule has 3 nitrogen and oxygen atoms in total. The van der Waals surface area contributed by atoms with Crippen molar-refractivity contribution in [3.8, 4) is 5.75 Å². The summed E-state index contributed by atoms with van der Waals surface area (Å²) in [6.07, 6.45) is 6.14. The fourth-order valence-electron chi connectivity index (χ4n) is 4.03. The van der Waals surface area contributed by atoms with Gasteiger partial charge in [0.25, 0.3) is 0 Å². The van der Waals surface area contributed by atoms with Gasteiger partial charge in [0.2, 0.25) is 0 Å². The molecule has 0 amide bonds. The molecule has 0 saturated heterocycles. The Kier molecular flexibility index (Phi) is 6.08. The van der Waals surface area contributed by atoms with Crippen molar-refractivity contribution in [1.29, 1.82) is 0 Å². The molecule has 0 radical (unpaired) electrons. The maximum Gasteiger partial charge on any atom is 0.534 e. The molecule has 0 aliphatic heterocycles. The van der Waals surface area contributed by atoms with Gasteiger partial charge in [0, 0.05) is 0 Å². The van der Waals surface area contributed by atoms with Gasteiger partial charge >= 0.3 is 15.6 Å². The number of fused-ring (bicyclic) bond motifs is 1. The van der Waals surface area contributed by atoms with E-state index in [1.807, 2.05) is 0 Å². The molecule has 1 fully saturated rings. The summed E-state index contributed by atoms with van der Waals surface area (Å²) < 4.78 is 92.7. The normalized spacial score (nSPS) is 20.8. The van der Waals surface area contributed by atoms with Gasteiger partial charge in [0.05, 0.1) is 5.39 Å². The van der Waals surface area contributed by atoms with Crippen LogP contribution in [0.1, 0.15) is 56.9 Å². The van der Waals surface area contributed by atoms with Crippen LogP contribution in [0.15, 0.2) is 24.3 Å². The number of hydrogen-bond acceptors (Lipinski definition) is 3. The van der Waals surface area contributed by atoms with Gasteiger partial charge in [-0.15, -0.1) is 0 Å². The van der Waals surface area contributed by atoms with Gasteiger partial charge in [0.1, 0.15) is 5.82 Å². The number of rotatable bonds is 5. The number of hydrogen-bond donors (Lipinski definition) is 0. The largest absolute Gasteiger partial charge is 0.534 e. The summed E-state index contributed by atoms with van der Waals surface area (Å²) in [5, 5.41) is -0.451. The predicted octanol–water partition coefficient (Wildman–Crippen LogP) is 6.42. The van der Waals surface area contributed by atoms with E-state index >= 15 is 0 Å². The standard InChI is InChI=1S/C20H21F5O3S/c1-2-3-12-4-6-13(7-5-12)15-10-14-8-9-17(19(22)18(14)16(21)11-15)28-29(26,27)20(23,24)25/h8-13H,2-7H2,1H3. The van der Waals surface area contributed by atoms with Crippen molar-refractivity contribution in [3.05, 3.63) is 41.5 Å². The molecule has 9 heteroatoms. The minimum atomic E-state index is -6.05. The second-order valence-electron chi connectivity index (χ2n) is 7.47. The van der Waals surface area contributed by atoms with Gasteiger partial charge < -0.3 is 4.18 Å². The van der Waals surface area contributed by atoms with Crippen molar-refractivity contribution < 1.29 is 34.6 Å². The molecule has 0 atom stereocenters. The van der Waals surface area contributed by atoms with Gasteiger partial charge in [-0.2, -0.15) is 21.6 Å². The first-order chi connectivity index (χ1) is 13.5. The highest BCUT2D eigenvalue weighted by molar-refractivity contribution is 7.88. The minimum Gasteiger partial charge on any atom is -0.373 e. The van der Waals surface area contributed by atoms with Crippen LogP contribution in [0.2, 0.25) is 0 Å². The Morgan fingerprint density at radius 1 is 1.07 bits per heavy atom. The Balaban J connectivity index is 1.91. The zero-order valence-corrected chi connectivity index (χ0v) is 16.5. The zero-order valence-electron chi connectivity index (χ0n) is 15.7. The van der Waals surface area contributed by atoms with E-state index < -0.39 is 38.4 Å². The lowest BCUT2D eigenvalue weighted by Gasteiger charge is -2.29. The molecule has 0 unspecified atom stereocenters. The van der Waals surface area contributed by atoms with Crippen LogP contribution in [0.3, 0.4) is 0 Å². The van der Waals surface area contributed by atoms with Crippen molar-refractivity contribution in [3.63, 3.8) is 0 Å². The third kappa shape index (κ3) is 4.49. The number of alkyl halides is 3. The molecule has 0 heterocycles. The topological polar surface area (TPSA) is 43.4 Å². The van der Waals surface area contributed by atoms with Gasteiger partial charge in [-0.3, -0.25) is 0 Å². The van der Waals surface area contributed by atoms with Crippen LogP contribution in [-0.4, -0.2) is 13.9 Å². The van der Waals surface area contributed by atoms with E-state index in [1.54, 1.807) is 6.07 Å². The lowest BCUT2D eigenvalue weighted by atomic mass is 9.77. The third-order valence-corrected chi connectivity index (χ3v) is 6.46. The molecule has 2 aromatic rings. The lowest BCUT2D eigenvalue weighted by Crippen LogP contribution is -2.28. The highest BCUT2D eigenvalue weighted by atomic mass is 32.2. The molecule has 160 valence electrons. The molecule has 1 aliphatic carbocycles. The van der Waals surface area contributed by atoms with E-state index in [1.165, 1.54) is 6.07 Å². The summed E-state index contributed by atoms with van der Waals surface area (Å²) in [5.41, 5.74) is -5.01. The van der Waals surface area contributed by atoms with Crippen LogP contribution >= 0.6 is 0 Å². The quantitative estimate of drug-likeness (QED) is 0.309. The lowest BCUT2D eigenvalue weighted by molar-refractivity contribution is -0.0500. The van der Waals surface area contributed by atoms with Crippen LogP contribution in [0.25, 0.3) is 10.8 Å². The van der Waals surface area contributed by atoms with Gasteiger partial charge in [-0.05, 0) is 60.6 Å². The first-order valence-corrected chi connectivity index (χ1v) is 10.9. The Morgan fingerprint density at radius 2 is 1.72 bits per heavy atom. The van der Waals surface area contributed by atoms with Gasteiger partial charge in [0.15, 0.2) is 11.6 Å². The van der Waals surface area contributed by atoms with E-state index in [0.29, 0.717) is 11.5 Å². The Morgan fingerprint density at radius 3 is 2.31 bits per heavy atom. The van der Waals surface area contributed by atoms with E-state index in [4.69, 9.17) is 0 Å². The Hall–Kier alpha value is -1.90. The average Bonchev–Trinajstić information content (AvgIpc) is 2.63. The van der Waals surface area contributed by atoms with Crippen molar-refractivity contribution in [2.24, 2.45) is 5.92 Å². The van der Waals surface area contributed by atoms with Crippen LogP contribution < -0.4 is 4.18 Å². The summed E-state index contributed by atoms with van der Waals surface area (Å²) in [4.78, 5) is 0. The first kappa shape index (κ1) is 21.8. The molecule has 1 aliphatic rings.